The van der Waals surface area contributed by atoms with Gasteiger partial charge >= 0.3 is 0 Å². The molecular weight excluding hydrogens is 265 g/mol. The number of rotatable bonds is 4. The van der Waals surface area contributed by atoms with E-state index in [0.717, 1.165) is 32.2 Å². The highest BCUT2D eigenvalue weighted by molar-refractivity contribution is 6.17. The Labute approximate surface area is 118 Å². The lowest BCUT2D eigenvalue weighted by Gasteiger charge is -2.25. The minimum absolute atomic E-state index is 0.182. The highest BCUT2D eigenvalue weighted by Crippen LogP contribution is 2.25. The van der Waals surface area contributed by atoms with E-state index < -0.39 is 5.82 Å². The minimum atomic E-state index is -0.393. The Morgan fingerprint density at radius 2 is 2.32 bits per heavy atom. The molecule has 0 bridgehead atoms. The lowest BCUT2D eigenvalue weighted by atomic mass is 10.1. The molecule has 1 atom stereocenters. The van der Waals surface area contributed by atoms with Crippen LogP contribution in [-0.4, -0.2) is 29.3 Å². The number of carbonyl (C=O) groups excluding carboxylic acids is 1. The summed E-state index contributed by atoms with van der Waals surface area (Å²) in [5.41, 5.74) is 0.708. The topological polar surface area (TPSA) is 20.3 Å². The third-order valence-electron chi connectivity index (χ3n) is 3.73. The number of hydrogen-bond acceptors (Lipinski definition) is 1. The van der Waals surface area contributed by atoms with E-state index in [1.54, 1.807) is 25.1 Å². The van der Waals surface area contributed by atoms with E-state index in [1.165, 1.54) is 0 Å². The van der Waals surface area contributed by atoms with Gasteiger partial charge in [0, 0.05) is 18.5 Å². The first kappa shape index (κ1) is 14.3. The Bertz CT molecular complexity index is 463. The van der Waals surface area contributed by atoms with Crippen LogP contribution in [0.4, 0.5) is 4.39 Å². The predicted molar refractivity (Wildman–Crippen MR) is 75.1 cm³/mol. The molecule has 0 aromatic heterocycles. The van der Waals surface area contributed by atoms with Crippen molar-refractivity contribution < 1.29 is 9.18 Å². The second-order valence-electron chi connectivity index (χ2n) is 5.06. The fourth-order valence-corrected chi connectivity index (χ4v) is 2.84. The number of amides is 1. The predicted octanol–water partition coefficient (Wildman–Crippen LogP) is 3.76. The van der Waals surface area contributed by atoms with Crippen LogP contribution in [0, 0.1) is 12.7 Å². The number of carbonyl (C=O) groups is 1. The SMILES string of the molecule is Cc1cccc(C(=O)N2CCCC2CCCCl)c1F. The van der Waals surface area contributed by atoms with Gasteiger partial charge in [0.1, 0.15) is 5.82 Å². The van der Waals surface area contributed by atoms with Gasteiger partial charge < -0.3 is 4.90 Å². The Balaban J connectivity index is 2.16. The first-order chi connectivity index (χ1) is 9.15. The minimum Gasteiger partial charge on any atom is -0.336 e. The van der Waals surface area contributed by atoms with Crippen molar-refractivity contribution >= 4 is 17.5 Å². The van der Waals surface area contributed by atoms with Crippen molar-refractivity contribution in [1.29, 1.82) is 0 Å². The van der Waals surface area contributed by atoms with Gasteiger partial charge in [-0.05, 0) is 44.2 Å². The monoisotopic (exact) mass is 283 g/mol. The second-order valence-corrected chi connectivity index (χ2v) is 5.44. The van der Waals surface area contributed by atoms with Crippen molar-refractivity contribution in [3.05, 3.63) is 35.1 Å². The van der Waals surface area contributed by atoms with Gasteiger partial charge in [-0.3, -0.25) is 4.79 Å². The molecule has 0 N–H and O–H groups in total. The van der Waals surface area contributed by atoms with Crippen molar-refractivity contribution in [2.24, 2.45) is 0 Å². The molecule has 1 aliphatic heterocycles. The number of likely N-dealkylation sites (tertiary alicyclic amines) is 1. The molecule has 1 aromatic carbocycles. The summed E-state index contributed by atoms with van der Waals surface area (Å²) in [6.45, 7) is 2.40. The lowest BCUT2D eigenvalue weighted by molar-refractivity contribution is 0.0725. The molecular formula is C15H19ClFNO. The molecule has 1 aliphatic rings. The van der Waals surface area contributed by atoms with Gasteiger partial charge in [0.25, 0.3) is 5.91 Å². The van der Waals surface area contributed by atoms with Crippen molar-refractivity contribution in [3.63, 3.8) is 0 Å². The molecule has 1 saturated heterocycles. The van der Waals surface area contributed by atoms with Gasteiger partial charge in [-0.15, -0.1) is 11.6 Å². The highest BCUT2D eigenvalue weighted by atomic mass is 35.5. The van der Waals surface area contributed by atoms with Gasteiger partial charge in [-0.25, -0.2) is 4.39 Å². The maximum absolute atomic E-state index is 14.0. The number of alkyl halides is 1. The smallest absolute Gasteiger partial charge is 0.257 e. The van der Waals surface area contributed by atoms with Crippen LogP contribution in [0.2, 0.25) is 0 Å². The molecule has 0 spiro atoms. The van der Waals surface area contributed by atoms with E-state index in [2.05, 4.69) is 0 Å². The van der Waals surface area contributed by atoms with Crippen LogP contribution in [0.15, 0.2) is 18.2 Å². The zero-order chi connectivity index (χ0) is 13.8. The molecule has 1 amide bonds. The van der Waals surface area contributed by atoms with Crippen molar-refractivity contribution in [3.8, 4) is 0 Å². The van der Waals surface area contributed by atoms with Crippen LogP contribution >= 0.6 is 11.6 Å². The van der Waals surface area contributed by atoms with Crippen molar-refractivity contribution in [2.45, 2.75) is 38.6 Å². The molecule has 2 nitrogen and oxygen atoms in total. The molecule has 1 fully saturated rings. The lowest BCUT2D eigenvalue weighted by Crippen LogP contribution is -2.36. The van der Waals surface area contributed by atoms with Crippen LogP contribution in [0.5, 0.6) is 0 Å². The molecule has 1 unspecified atom stereocenters. The summed E-state index contributed by atoms with van der Waals surface area (Å²) < 4.78 is 14.0. The maximum atomic E-state index is 14.0. The summed E-state index contributed by atoms with van der Waals surface area (Å²) in [6, 6.07) is 5.20. The maximum Gasteiger partial charge on any atom is 0.257 e. The Morgan fingerprint density at radius 3 is 3.05 bits per heavy atom. The average Bonchev–Trinajstić information content (AvgIpc) is 2.87. The standard InChI is InChI=1S/C15H19ClFNO/c1-11-5-2-8-13(14(11)17)15(19)18-10-4-7-12(18)6-3-9-16/h2,5,8,12H,3-4,6-7,9-10H2,1H3. The second kappa shape index (κ2) is 6.38. The first-order valence-electron chi connectivity index (χ1n) is 6.77. The summed E-state index contributed by atoms with van der Waals surface area (Å²) in [5, 5.41) is 0. The largest absolute Gasteiger partial charge is 0.336 e. The van der Waals surface area contributed by atoms with Gasteiger partial charge in [0.15, 0.2) is 0 Å². The fraction of sp³-hybridized carbons (Fsp3) is 0.533. The van der Waals surface area contributed by atoms with Crippen LogP contribution in [0.1, 0.15) is 41.6 Å². The van der Waals surface area contributed by atoms with Crippen molar-refractivity contribution in [1.82, 2.24) is 4.90 Å². The van der Waals surface area contributed by atoms with E-state index in [1.807, 2.05) is 4.90 Å². The van der Waals surface area contributed by atoms with Gasteiger partial charge in [-0.1, -0.05) is 12.1 Å². The molecule has 2 rings (SSSR count). The van der Waals surface area contributed by atoms with E-state index in [9.17, 15) is 9.18 Å². The number of benzene rings is 1. The van der Waals surface area contributed by atoms with Gasteiger partial charge in [-0.2, -0.15) is 0 Å². The third kappa shape index (κ3) is 3.08. The van der Waals surface area contributed by atoms with Crippen LogP contribution in [0.25, 0.3) is 0 Å². The molecule has 0 saturated carbocycles. The molecule has 1 aromatic rings. The highest BCUT2D eigenvalue weighted by Gasteiger charge is 2.30. The molecule has 19 heavy (non-hydrogen) atoms. The number of nitrogens with zero attached hydrogens (tertiary/aromatic N) is 1. The van der Waals surface area contributed by atoms with Gasteiger partial charge in [0.2, 0.25) is 0 Å². The van der Waals surface area contributed by atoms with E-state index in [-0.39, 0.29) is 17.5 Å². The number of hydrogen-bond donors (Lipinski definition) is 0. The summed E-state index contributed by atoms with van der Waals surface area (Å²) in [5.74, 6) is 0.0333. The molecule has 4 heteroatoms. The molecule has 1 heterocycles. The summed E-state index contributed by atoms with van der Waals surface area (Å²) >= 11 is 5.71. The molecule has 0 radical (unpaired) electrons. The Kier molecular flexibility index (Phi) is 4.81. The quantitative estimate of drug-likeness (QED) is 0.771. The average molecular weight is 284 g/mol. The number of halogens is 2. The van der Waals surface area contributed by atoms with E-state index in [0.29, 0.717) is 11.4 Å². The van der Waals surface area contributed by atoms with Crippen LogP contribution < -0.4 is 0 Å². The van der Waals surface area contributed by atoms with Gasteiger partial charge in [0.05, 0.1) is 5.56 Å². The van der Waals surface area contributed by atoms with E-state index >= 15 is 0 Å². The summed E-state index contributed by atoms with van der Waals surface area (Å²) in [6.07, 6.45) is 3.79. The first-order valence-corrected chi connectivity index (χ1v) is 7.30. The summed E-state index contributed by atoms with van der Waals surface area (Å²) in [4.78, 5) is 14.3. The summed E-state index contributed by atoms with van der Waals surface area (Å²) in [7, 11) is 0. The zero-order valence-electron chi connectivity index (χ0n) is 11.2. The molecule has 0 aliphatic carbocycles. The Morgan fingerprint density at radius 1 is 1.53 bits per heavy atom. The zero-order valence-corrected chi connectivity index (χ0v) is 11.9. The van der Waals surface area contributed by atoms with Crippen LogP contribution in [-0.2, 0) is 0 Å². The fourth-order valence-electron chi connectivity index (χ4n) is 2.68. The third-order valence-corrected chi connectivity index (χ3v) is 4.00. The normalized spacial score (nSPS) is 18.9. The Hall–Kier alpha value is -1.09. The van der Waals surface area contributed by atoms with Crippen LogP contribution in [0.3, 0.4) is 0 Å². The number of aryl methyl sites for hydroxylation is 1. The van der Waals surface area contributed by atoms with E-state index in [4.69, 9.17) is 11.6 Å². The molecule has 104 valence electrons. The van der Waals surface area contributed by atoms with Crippen molar-refractivity contribution in [2.75, 3.05) is 12.4 Å².